The molecule has 1 aromatic carbocycles. The van der Waals surface area contributed by atoms with Crippen molar-refractivity contribution < 1.29 is 0 Å². The number of hydrogen-bond acceptors (Lipinski definition) is 0. The highest BCUT2D eigenvalue weighted by molar-refractivity contribution is 9.10. The van der Waals surface area contributed by atoms with Gasteiger partial charge < -0.3 is 0 Å². The molecule has 0 atom stereocenters. The molecule has 1 aliphatic rings. The number of benzene rings is 1. The minimum Gasteiger partial charge on any atom is -0.0622 e. The van der Waals surface area contributed by atoms with Crippen LogP contribution in [-0.2, 0) is 6.42 Å². The van der Waals surface area contributed by atoms with Gasteiger partial charge in [-0.25, -0.2) is 0 Å². The number of rotatable bonds is 2. The highest BCUT2D eigenvalue weighted by Gasteiger charge is 2.20. The highest BCUT2D eigenvalue weighted by Crippen LogP contribution is 2.40. The second-order valence-electron chi connectivity index (χ2n) is 3.74. The molecule has 0 amide bonds. The molecular formula is C13H15Br. The van der Waals surface area contributed by atoms with E-state index in [2.05, 4.69) is 48.0 Å². The van der Waals surface area contributed by atoms with Crippen LogP contribution in [0, 0.1) is 0 Å². The zero-order valence-corrected chi connectivity index (χ0v) is 10.3. The Morgan fingerprint density at radius 3 is 2.64 bits per heavy atom. The van der Waals surface area contributed by atoms with Gasteiger partial charge in [-0.1, -0.05) is 47.5 Å². The van der Waals surface area contributed by atoms with Crippen LogP contribution in [-0.4, -0.2) is 0 Å². The molecule has 0 spiro atoms. The van der Waals surface area contributed by atoms with Gasteiger partial charge in [0.2, 0.25) is 0 Å². The lowest BCUT2D eigenvalue weighted by Gasteiger charge is -2.06. The van der Waals surface area contributed by atoms with Crippen LogP contribution in [0.4, 0.5) is 0 Å². The number of hydrogen-bond donors (Lipinski definition) is 0. The largest absolute Gasteiger partial charge is 0.0622 e. The molecule has 0 N–H and O–H groups in total. The van der Waals surface area contributed by atoms with E-state index in [0.717, 1.165) is 12.8 Å². The molecule has 0 unspecified atom stereocenters. The van der Waals surface area contributed by atoms with E-state index in [-0.39, 0.29) is 0 Å². The fraction of sp³-hybridized carbons (Fsp3) is 0.385. The van der Waals surface area contributed by atoms with Crippen LogP contribution in [0.1, 0.15) is 37.8 Å². The summed E-state index contributed by atoms with van der Waals surface area (Å²) in [5, 5.41) is 0. The van der Waals surface area contributed by atoms with Gasteiger partial charge >= 0.3 is 0 Å². The Morgan fingerprint density at radius 2 is 2.00 bits per heavy atom. The zero-order chi connectivity index (χ0) is 10.1. The Hall–Kier alpha value is -0.560. The molecule has 0 aromatic heterocycles. The summed E-state index contributed by atoms with van der Waals surface area (Å²) in [4.78, 5) is 0. The van der Waals surface area contributed by atoms with E-state index < -0.39 is 0 Å². The summed E-state index contributed by atoms with van der Waals surface area (Å²) in [6.45, 7) is 4.50. The monoisotopic (exact) mass is 250 g/mol. The summed E-state index contributed by atoms with van der Waals surface area (Å²) in [6.07, 6.45) is 3.50. The van der Waals surface area contributed by atoms with E-state index in [4.69, 9.17) is 0 Å². The lowest BCUT2D eigenvalue weighted by atomic mass is 10.0. The van der Waals surface area contributed by atoms with E-state index in [1.165, 1.54) is 22.0 Å². The third-order valence-corrected chi connectivity index (χ3v) is 3.67. The van der Waals surface area contributed by atoms with E-state index >= 15 is 0 Å². The third kappa shape index (κ3) is 1.44. The third-order valence-electron chi connectivity index (χ3n) is 3.01. The number of fused-ring (bicyclic) bond motifs is 1. The summed E-state index contributed by atoms with van der Waals surface area (Å²) in [6, 6.07) is 6.53. The van der Waals surface area contributed by atoms with Gasteiger partial charge in [0.25, 0.3) is 0 Å². The molecular weight excluding hydrogens is 236 g/mol. The molecule has 1 heteroatoms. The molecule has 0 saturated heterocycles. The fourth-order valence-electron chi connectivity index (χ4n) is 2.33. The Morgan fingerprint density at radius 1 is 1.21 bits per heavy atom. The van der Waals surface area contributed by atoms with Crippen LogP contribution in [0.25, 0.3) is 5.57 Å². The van der Waals surface area contributed by atoms with Gasteiger partial charge in [0.15, 0.2) is 0 Å². The highest BCUT2D eigenvalue weighted by atomic mass is 79.9. The summed E-state index contributed by atoms with van der Waals surface area (Å²) in [5.41, 5.74) is 6.14. The Labute approximate surface area is 94.2 Å². The lowest BCUT2D eigenvalue weighted by molar-refractivity contribution is 1.02. The first-order valence-corrected chi connectivity index (χ1v) is 6.05. The van der Waals surface area contributed by atoms with Crippen molar-refractivity contribution in [2.75, 3.05) is 0 Å². The second kappa shape index (κ2) is 3.90. The maximum absolute atomic E-state index is 3.65. The Bertz CT molecular complexity index is 388. The van der Waals surface area contributed by atoms with Crippen molar-refractivity contribution in [2.24, 2.45) is 0 Å². The summed E-state index contributed by atoms with van der Waals surface area (Å²) < 4.78 is 1.26. The van der Waals surface area contributed by atoms with Crippen LogP contribution in [0.2, 0.25) is 0 Å². The molecule has 14 heavy (non-hydrogen) atoms. The van der Waals surface area contributed by atoms with E-state index in [0.29, 0.717) is 0 Å². The van der Waals surface area contributed by atoms with Gasteiger partial charge in [0.1, 0.15) is 0 Å². The molecule has 0 heterocycles. The van der Waals surface area contributed by atoms with Crippen LogP contribution in [0.3, 0.4) is 0 Å². The van der Waals surface area contributed by atoms with Crippen LogP contribution >= 0.6 is 15.9 Å². The lowest BCUT2D eigenvalue weighted by Crippen LogP contribution is -1.84. The maximum Gasteiger partial charge on any atom is 0.0253 e. The van der Waals surface area contributed by atoms with Gasteiger partial charge in [-0.15, -0.1) is 0 Å². The van der Waals surface area contributed by atoms with Crippen molar-refractivity contribution >= 4 is 21.5 Å². The van der Waals surface area contributed by atoms with Gasteiger partial charge in [-0.2, -0.15) is 0 Å². The van der Waals surface area contributed by atoms with Gasteiger partial charge in [0, 0.05) is 4.47 Å². The van der Waals surface area contributed by atoms with E-state index in [1.54, 1.807) is 11.1 Å². The Balaban J connectivity index is 2.57. The average Bonchev–Trinajstić information content (AvgIpc) is 2.56. The molecule has 0 saturated carbocycles. The smallest absolute Gasteiger partial charge is 0.0253 e. The zero-order valence-electron chi connectivity index (χ0n) is 8.73. The van der Waals surface area contributed by atoms with Crippen molar-refractivity contribution in [1.29, 1.82) is 0 Å². The summed E-state index contributed by atoms with van der Waals surface area (Å²) in [7, 11) is 0. The van der Waals surface area contributed by atoms with Crippen molar-refractivity contribution in [3.63, 3.8) is 0 Å². The number of halogens is 1. The minimum absolute atomic E-state index is 1.15. The predicted molar refractivity (Wildman–Crippen MR) is 65.3 cm³/mol. The van der Waals surface area contributed by atoms with E-state index in [9.17, 15) is 0 Å². The van der Waals surface area contributed by atoms with Gasteiger partial charge in [-0.3, -0.25) is 0 Å². The normalized spacial score (nSPS) is 14.8. The van der Waals surface area contributed by atoms with Crippen LogP contribution < -0.4 is 0 Å². The van der Waals surface area contributed by atoms with Crippen molar-refractivity contribution in [1.82, 2.24) is 0 Å². The quantitative estimate of drug-likeness (QED) is 0.721. The number of allylic oxidation sites excluding steroid dienone is 2. The minimum atomic E-state index is 1.15. The van der Waals surface area contributed by atoms with Crippen molar-refractivity contribution in [3.8, 4) is 0 Å². The summed E-state index contributed by atoms with van der Waals surface area (Å²) >= 11 is 3.65. The van der Waals surface area contributed by atoms with Gasteiger partial charge in [-0.05, 0) is 42.0 Å². The molecule has 0 bridgehead atoms. The van der Waals surface area contributed by atoms with Crippen molar-refractivity contribution in [3.05, 3.63) is 39.4 Å². The van der Waals surface area contributed by atoms with E-state index in [1.807, 2.05) is 0 Å². The molecule has 2 rings (SSSR count). The van der Waals surface area contributed by atoms with Crippen LogP contribution in [0.15, 0.2) is 28.2 Å². The predicted octanol–water partition coefficient (Wildman–Crippen LogP) is 4.58. The molecule has 0 fully saturated rings. The first-order chi connectivity index (χ1) is 6.77. The fourth-order valence-corrected chi connectivity index (χ4v) is 2.98. The molecule has 1 aromatic rings. The van der Waals surface area contributed by atoms with Gasteiger partial charge in [0.05, 0.1) is 0 Å². The topological polar surface area (TPSA) is 0 Å². The maximum atomic E-state index is 3.65. The molecule has 74 valence electrons. The molecule has 1 aliphatic carbocycles. The molecule has 0 radical (unpaired) electrons. The molecule has 0 nitrogen and oxygen atoms in total. The SMILES string of the molecule is CCC1=C(CC)c2c(Br)cccc2C1. The summed E-state index contributed by atoms with van der Waals surface area (Å²) in [5.74, 6) is 0. The first-order valence-electron chi connectivity index (χ1n) is 5.26. The Kier molecular flexibility index (Phi) is 2.78. The molecule has 0 aliphatic heterocycles. The standard InChI is InChI=1S/C13H15Br/c1-3-9-8-10-6-5-7-12(14)13(10)11(9)4-2/h5-7H,3-4,8H2,1-2H3. The van der Waals surface area contributed by atoms with Crippen molar-refractivity contribution in [2.45, 2.75) is 33.1 Å². The average molecular weight is 251 g/mol. The van der Waals surface area contributed by atoms with Crippen LogP contribution in [0.5, 0.6) is 0 Å². The first kappa shape index (κ1) is 9.97. The second-order valence-corrected chi connectivity index (χ2v) is 4.59.